The lowest BCUT2D eigenvalue weighted by atomic mass is 10.0. The van der Waals surface area contributed by atoms with Crippen LogP contribution in [-0.2, 0) is 0 Å². The molecule has 2 nitrogen and oxygen atoms in total. The fourth-order valence-corrected chi connectivity index (χ4v) is 2.83. The third-order valence-electron chi connectivity index (χ3n) is 3.56. The van der Waals surface area contributed by atoms with E-state index in [2.05, 4.69) is 27.7 Å². The van der Waals surface area contributed by atoms with E-state index >= 15 is 0 Å². The number of hydrogen-bond donors (Lipinski definition) is 0. The van der Waals surface area contributed by atoms with Crippen LogP contribution >= 0.6 is 23.2 Å². The monoisotopic (exact) mass is 394 g/mol. The fourth-order valence-electron chi connectivity index (χ4n) is 2.16. The van der Waals surface area contributed by atoms with Gasteiger partial charge < -0.3 is 0 Å². The van der Waals surface area contributed by atoms with E-state index in [4.69, 9.17) is 23.2 Å². The number of hydrogen-bond acceptors (Lipinski definition) is 2. The second kappa shape index (κ2) is 12.7. The average molecular weight is 395 g/mol. The van der Waals surface area contributed by atoms with Gasteiger partial charge in [-0.05, 0) is 47.2 Å². The Labute approximate surface area is 167 Å². The first kappa shape index (κ1) is 24.4. The molecule has 4 heteroatoms. The van der Waals surface area contributed by atoms with Crippen molar-refractivity contribution in [1.82, 2.24) is 0 Å². The van der Waals surface area contributed by atoms with Crippen molar-refractivity contribution in [3.63, 3.8) is 0 Å². The number of aldehydes is 2. The molecule has 2 aromatic rings. The van der Waals surface area contributed by atoms with Crippen LogP contribution in [0.3, 0.4) is 0 Å². The minimum Gasteiger partial charge on any atom is -0.298 e. The lowest BCUT2D eigenvalue weighted by Gasteiger charge is -2.07. The number of rotatable bonds is 4. The van der Waals surface area contributed by atoms with Gasteiger partial charge in [0.25, 0.3) is 0 Å². The lowest BCUT2D eigenvalue weighted by molar-refractivity contribution is 0.111. The van der Waals surface area contributed by atoms with Gasteiger partial charge in [0.15, 0.2) is 0 Å². The molecule has 0 saturated carbocycles. The van der Waals surface area contributed by atoms with Gasteiger partial charge in [-0.25, -0.2) is 0 Å². The van der Waals surface area contributed by atoms with E-state index < -0.39 is 0 Å². The molecule has 0 heterocycles. The van der Waals surface area contributed by atoms with E-state index in [1.54, 1.807) is 24.3 Å². The molecule has 2 aromatic carbocycles. The zero-order valence-electron chi connectivity index (χ0n) is 16.3. The molecule has 0 atom stereocenters. The molecule has 0 aliphatic carbocycles. The van der Waals surface area contributed by atoms with Crippen LogP contribution in [-0.4, -0.2) is 12.6 Å². The summed E-state index contributed by atoms with van der Waals surface area (Å²) < 4.78 is 0. The van der Waals surface area contributed by atoms with Gasteiger partial charge in [0.1, 0.15) is 12.6 Å². The molecular weight excluding hydrogens is 367 g/mol. The zero-order valence-corrected chi connectivity index (χ0v) is 17.9. The molecule has 0 N–H and O–H groups in total. The molecule has 26 heavy (non-hydrogen) atoms. The second-order valence-electron chi connectivity index (χ2n) is 6.11. The lowest BCUT2D eigenvalue weighted by Crippen LogP contribution is -1.91. The zero-order chi connectivity index (χ0) is 20.3. The third kappa shape index (κ3) is 7.72. The Morgan fingerprint density at radius 1 is 0.692 bits per heavy atom. The maximum Gasteiger partial charge on any atom is 0.150 e. The van der Waals surface area contributed by atoms with Crippen LogP contribution < -0.4 is 0 Å². The Kier molecular flexibility index (Phi) is 11.9. The van der Waals surface area contributed by atoms with Crippen LogP contribution in [0.25, 0.3) is 0 Å². The van der Waals surface area contributed by atoms with Gasteiger partial charge in [-0.15, -0.1) is 0 Å². The summed E-state index contributed by atoms with van der Waals surface area (Å²) in [7, 11) is 0. The van der Waals surface area contributed by atoms with E-state index in [1.165, 1.54) is 0 Å². The summed E-state index contributed by atoms with van der Waals surface area (Å²) in [5, 5.41) is 1.46. The van der Waals surface area contributed by atoms with E-state index in [-0.39, 0.29) is 0 Å². The predicted molar refractivity (Wildman–Crippen MR) is 113 cm³/mol. The summed E-state index contributed by atoms with van der Waals surface area (Å²) in [5.41, 5.74) is 3.42. The molecule has 0 aliphatic heterocycles. The van der Waals surface area contributed by atoms with Gasteiger partial charge in [0, 0.05) is 21.2 Å². The summed E-state index contributed by atoms with van der Waals surface area (Å²) >= 11 is 11.9. The summed E-state index contributed by atoms with van der Waals surface area (Å²) in [6.07, 6.45) is 1.67. The standard InChI is InChI=1S/2C10H11ClO.C2H6/c2*1-7(2)9-5-8(6-12)3-4-10(9)11;1-2/h2*3-7H,1-2H3;1-2H3. The highest BCUT2D eigenvalue weighted by Crippen LogP contribution is 2.25. The van der Waals surface area contributed by atoms with Crippen LogP contribution in [0.4, 0.5) is 0 Å². The maximum absolute atomic E-state index is 10.4. The van der Waals surface area contributed by atoms with Gasteiger partial charge in [-0.1, -0.05) is 76.9 Å². The minimum atomic E-state index is 0.359. The highest BCUT2D eigenvalue weighted by Gasteiger charge is 2.05. The molecule has 0 fully saturated rings. The van der Waals surface area contributed by atoms with Crippen molar-refractivity contribution < 1.29 is 9.59 Å². The van der Waals surface area contributed by atoms with Gasteiger partial charge in [-0.3, -0.25) is 9.59 Å². The summed E-state index contributed by atoms with van der Waals surface area (Å²) in [6.45, 7) is 12.2. The largest absolute Gasteiger partial charge is 0.298 e. The van der Waals surface area contributed by atoms with E-state index in [9.17, 15) is 9.59 Å². The highest BCUT2D eigenvalue weighted by molar-refractivity contribution is 6.31. The first-order chi connectivity index (χ1) is 12.3. The van der Waals surface area contributed by atoms with Crippen LogP contribution in [0.1, 0.15) is 85.2 Å². The number of carbonyl (C=O) groups excluding carboxylic acids is 2. The second-order valence-corrected chi connectivity index (χ2v) is 6.92. The summed E-state index contributed by atoms with van der Waals surface area (Å²) in [4.78, 5) is 20.9. The third-order valence-corrected chi connectivity index (χ3v) is 4.24. The molecule has 0 bridgehead atoms. The Hall–Kier alpha value is -1.64. The van der Waals surface area contributed by atoms with Crippen molar-refractivity contribution in [3.8, 4) is 0 Å². The van der Waals surface area contributed by atoms with Crippen molar-refractivity contribution in [1.29, 1.82) is 0 Å². The van der Waals surface area contributed by atoms with Crippen LogP contribution in [0.5, 0.6) is 0 Å². The van der Waals surface area contributed by atoms with Crippen LogP contribution in [0, 0.1) is 0 Å². The number of halogens is 2. The van der Waals surface area contributed by atoms with Crippen molar-refractivity contribution >= 4 is 35.8 Å². The molecule has 0 radical (unpaired) electrons. The van der Waals surface area contributed by atoms with Crippen molar-refractivity contribution in [2.45, 2.75) is 53.4 Å². The van der Waals surface area contributed by atoms with Crippen molar-refractivity contribution in [3.05, 3.63) is 68.7 Å². The number of benzene rings is 2. The maximum atomic E-state index is 10.4. The molecule has 0 unspecified atom stereocenters. The average Bonchev–Trinajstić information content (AvgIpc) is 2.64. The topological polar surface area (TPSA) is 34.1 Å². The van der Waals surface area contributed by atoms with Gasteiger partial charge in [0.2, 0.25) is 0 Å². The normalized spacial score (nSPS) is 9.77. The Balaban J connectivity index is 0.000000439. The fraction of sp³-hybridized carbons (Fsp3) is 0.364. The quantitative estimate of drug-likeness (QED) is 0.500. The molecule has 0 saturated heterocycles. The Morgan fingerprint density at radius 2 is 1.00 bits per heavy atom. The van der Waals surface area contributed by atoms with Crippen molar-refractivity contribution in [2.24, 2.45) is 0 Å². The molecular formula is C22H28Cl2O2. The highest BCUT2D eigenvalue weighted by atomic mass is 35.5. The molecule has 0 spiro atoms. The Morgan fingerprint density at radius 3 is 1.23 bits per heavy atom. The summed E-state index contributed by atoms with van der Waals surface area (Å²) in [6, 6.07) is 10.6. The minimum absolute atomic E-state index is 0.359. The first-order valence-electron chi connectivity index (χ1n) is 8.79. The van der Waals surface area contributed by atoms with Crippen LogP contribution in [0.15, 0.2) is 36.4 Å². The van der Waals surface area contributed by atoms with Gasteiger partial charge >= 0.3 is 0 Å². The molecule has 0 aromatic heterocycles. The predicted octanol–water partition coefficient (Wildman–Crippen LogP) is 7.58. The van der Waals surface area contributed by atoms with E-state index in [0.717, 1.165) is 33.7 Å². The first-order valence-corrected chi connectivity index (χ1v) is 9.55. The molecule has 2 rings (SSSR count). The van der Waals surface area contributed by atoms with Gasteiger partial charge in [0.05, 0.1) is 0 Å². The Bertz CT molecular complexity index is 646. The smallest absolute Gasteiger partial charge is 0.150 e. The SMILES string of the molecule is CC.CC(C)c1cc(C=O)ccc1Cl.CC(C)c1cc(C=O)ccc1Cl. The number of carbonyl (C=O) groups is 2. The van der Waals surface area contributed by atoms with Crippen LogP contribution in [0.2, 0.25) is 10.0 Å². The van der Waals surface area contributed by atoms with Gasteiger partial charge in [-0.2, -0.15) is 0 Å². The molecule has 0 amide bonds. The van der Waals surface area contributed by atoms with Crippen molar-refractivity contribution in [2.75, 3.05) is 0 Å². The molecule has 142 valence electrons. The summed E-state index contributed by atoms with van der Waals surface area (Å²) in [5.74, 6) is 0.717. The van der Waals surface area contributed by atoms with E-state index in [1.807, 2.05) is 26.0 Å². The molecule has 0 aliphatic rings. The van der Waals surface area contributed by atoms with E-state index in [0.29, 0.717) is 23.0 Å².